The maximum Gasteiger partial charge on any atom is 0.119 e. The largest absolute Gasteiger partial charge is 0.491 e. The first-order chi connectivity index (χ1) is 5.72. The van der Waals surface area contributed by atoms with Gasteiger partial charge >= 0.3 is 0 Å². The molecular weight excluding hydrogens is 152 g/mol. The molecule has 1 radical (unpaired) electrons. The lowest BCUT2D eigenvalue weighted by atomic mass is 10.1. The van der Waals surface area contributed by atoms with Crippen LogP contribution in [0.5, 0.6) is 5.75 Å². The molecule has 2 heteroatoms. The fourth-order valence-corrected chi connectivity index (χ4v) is 1.10. The number of aliphatic hydroxyl groups is 1. The molecule has 0 aliphatic rings. The Morgan fingerprint density at radius 1 is 1.33 bits per heavy atom. The van der Waals surface area contributed by atoms with E-state index in [1.165, 1.54) is 0 Å². The fourth-order valence-electron chi connectivity index (χ4n) is 1.10. The Balaban J connectivity index is 2.72. The summed E-state index contributed by atoms with van der Waals surface area (Å²) < 4.78 is 5.25. The Morgan fingerprint density at radius 3 is 2.42 bits per heavy atom. The van der Waals surface area contributed by atoms with Gasteiger partial charge in [0.25, 0.3) is 0 Å². The van der Waals surface area contributed by atoms with E-state index < -0.39 is 0 Å². The molecule has 1 aromatic rings. The monoisotopic (exact) mass is 165 g/mol. The maximum atomic E-state index is 8.53. The normalized spacial score (nSPS) is 9.92. The minimum absolute atomic E-state index is 0.0523. The van der Waals surface area contributed by atoms with Crippen molar-refractivity contribution in [3.63, 3.8) is 0 Å². The summed E-state index contributed by atoms with van der Waals surface area (Å²) in [6.45, 7) is 4.34. The molecule has 0 aliphatic heterocycles. The molecule has 0 amide bonds. The van der Waals surface area contributed by atoms with Gasteiger partial charge in [-0.1, -0.05) is 0 Å². The molecule has 12 heavy (non-hydrogen) atoms. The molecule has 1 N–H and O–H groups in total. The Kier molecular flexibility index (Phi) is 3.11. The van der Waals surface area contributed by atoms with Gasteiger partial charge in [-0.05, 0) is 43.2 Å². The van der Waals surface area contributed by atoms with Gasteiger partial charge in [0, 0.05) is 0 Å². The minimum atomic E-state index is 0.0523. The van der Waals surface area contributed by atoms with Crippen molar-refractivity contribution in [2.24, 2.45) is 0 Å². The van der Waals surface area contributed by atoms with Gasteiger partial charge in [0.15, 0.2) is 0 Å². The van der Waals surface area contributed by atoms with E-state index >= 15 is 0 Å². The van der Waals surface area contributed by atoms with Crippen LogP contribution in [0.25, 0.3) is 0 Å². The van der Waals surface area contributed by atoms with Gasteiger partial charge in [-0.25, -0.2) is 0 Å². The molecule has 0 fully saturated rings. The highest BCUT2D eigenvalue weighted by Gasteiger charge is 1.95. The van der Waals surface area contributed by atoms with E-state index in [9.17, 15) is 0 Å². The van der Waals surface area contributed by atoms with Crippen LogP contribution in [0.15, 0.2) is 12.1 Å². The molecular formula is C10H13O2. The number of rotatable bonds is 3. The minimum Gasteiger partial charge on any atom is -0.491 e. The molecule has 0 saturated carbocycles. The van der Waals surface area contributed by atoms with Gasteiger partial charge in [0.05, 0.1) is 6.61 Å². The zero-order valence-electron chi connectivity index (χ0n) is 7.42. The van der Waals surface area contributed by atoms with Gasteiger partial charge in [-0.15, -0.1) is 0 Å². The smallest absolute Gasteiger partial charge is 0.119 e. The Morgan fingerprint density at radius 2 is 1.92 bits per heavy atom. The molecule has 2 nitrogen and oxygen atoms in total. The number of aliphatic hydroxyl groups excluding tert-OH is 1. The molecule has 1 rings (SSSR count). The highest BCUT2D eigenvalue weighted by atomic mass is 16.5. The molecule has 0 spiro atoms. The van der Waals surface area contributed by atoms with Crippen molar-refractivity contribution in [1.29, 1.82) is 0 Å². The summed E-state index contributed by atoms with van der Waals surface area (Å²) in [6, 6.07) is 6.96. The van der Waals surface area contributed by atoms with Crippen LogP contribution in [0.4, 0.5) is 0 Å². The zero-order chi connectivity index (χ0) is 8.97. The number of aryl methyl sites for hydroxylation is 2. The van der Waals surface area contributed by atoms with Gasteiger partial charge in [0.1, 0.15) is 12.4 Å². The molecule has 0 bridgehead atoms. The molecule has 1 aromatic carbocycles. The van der Waals surface area contributed by atoms with Crippen molar-refractivity contribution >= 4 is 0 Å². The Bertz CT molecular complexity index is 236. The Hall–Kier alpha value is -1.02. The summed E-state index contributed by atoms with van der Waals surface area (Å²) in [4.78, 5) is 0. The van der Waals surface area contributed by atoms with Gasteiger partial charge in [-0.2, -0.15) is 0 Å². The average molecular weight is 165 g/mol. The summed E-state index contributed by atoms with van der Waals surface area (Å²) in [5.41, 5.74) is 2.12. The van der Waals surface area contributed by atoms with Crippen molar-refractivity contribution in [2.75, 3.05) is 13.2 Å². The highest BCUT2D eigenvalue weighted by molar-refractivity contribution is 5.31. The van der Waals surface area contributed by atoms with E-state index in [-0.39, 0.29) is 6.61 Å². The summed E-state index contributed by atoms with van der Waals surface area (Å²) in [5.74, 6) is 0.804. The van der Waals surface area contributed by atoms with E-state index in [1.807, 2.05) is 26.0 Å². The molecule has 65 valence electrons. The standard InChI is InChI=1S/C10H13O2/c1-8-5-9(2)7-10(6-8)12-4-3-11/h6-7,11H,3-4H2,1-2H3. The van der Waals surface area contributed by atoms with Crippen molar-refractivity contribution in [1.82, 2.24) is 0 Å². The van der Waals surface area contributed by atoms with Gasteiger partial charge < -0.3 is 9.84 Å². The van der Waals surface area contributed by atoms with Crippen LogP contribution in [-0.4, -0.2) is 18.3 Å². The Labute approximate surface area is 72.8 Å². The quantitative estimate of drug-likeness (QED) is 0.735. The highest BCUT2D eigenvalue weighted by Crippen LogP contribution is 2.15. The van der Waals surface area contributed by atoms with Crippen molar-refractivity contribution < 1.29 is 9.84 Å². The van der Waals surface area contributed by atoms with E-state index in [4.69, 9.17) is 9.84 Å². The molecule has 0 aliphatic carbocycles. The maximum absolute atomic E-state index is 8.53. The summed E-state index contributed by atoms with van der Waals surface area (Å²) in [7, 11) is 0. The SMILES string of the molecule is Cc1[c]c(C)cc(OCCO)c1. The number of ether oxygens (including phenoxy) is 1. The second-order valence-corrected chi connectivity index (χ2v) is 2.75. The molecule has 0 atom stereocenters. The van der Waals surface area contributed by atoms with Crippen LogP contribution in [0.2, 0.25) is 0 Å². The van der Waals surface area contributed by atoms with Crippen LogP contribution in [0.3, 0.4) is 0 Å². The van der Waals surface area contributed by atoms with Crippen molar-refractivity contribution in [2.45, 2.75) is 13.8 Å². The van der Waals surface area contributed by atoms with Crippen LogP contribution >= 0.6 is 0 Å². The van der Waals surface area contributed by atoms with E-state index in [0.717, 1.165) is 16.9 Å². The predicted molar refractivity (Wildman–Crippen MR) is 47.3 cm³/mol. The number of hydrogen-bond donors (Lipinski definition) is 1. The van der Waals surface area contributed by atoms with Crippen molar-refractivity contribution in [3.05, 3.63) is 29.3 Å². The number of benzene rings is 1. The fraction of sp³-hybridized carbons (Fsp3) is 0.400. The lowest BCUT2D eigenvalue weighted by Crippen LogP contribution is -2.01. The molecule has 0 unspecified atom stereocenters. The first-order valence-corrected chi connectivity index (χ1v) is 3.96. The van der Waals surface area contributed by atoms with E-state index in [0.29, 0.717) is 6.61 Å². The van der Waals surface area contributed by atoms with Crippen LogP contribution in [0.1, 0.15) is 11.1 Å². The second kappa shape index (κ2) is 4.12. The second-order valence-electron chi connectivity index (χ2n) is 2.75. The third-order valence-corrected chi connectivity index (χ3v) is 1.47. The first kappa shape index (κ1) is 9.07. The lowest BCUT2D eigenvalue weighted by Gasteiger charge is -2.05. The van der Waals surface area contributed by atoms with Crippen molar-refractivity contribution in [3.8, 4) is 5.75 Å². The van der Waals surface area contributed by atoms with Crippen LogP contribution in [-0.2, 0) is 0 Å². The molecule has 0 saturated heterocycles. The third-order valence-electron chi connectivity index (χ3n) is 1.47. The summed E-state index contributed by atoms with van der Waals surface area (Å²) in [6.07, 6.45) is 0. The van der Waals surface area contributed by atoms with Crippen LogP contribution < -0.4 is 4.74 Å². The van der Waals surface area contributed by atoms with Gasteiger partial charge in [0.2, 0.25) is 0 Å². The summed E-state index contributed by atoms with van der Waals surface area (Å²) >= 11 is 0. The average Bonchev–Trinajstić information content (AvgIpc) is 1.99. The topological polar surface area (TPSA) is 29.5 Å². The molecule has 0 heterocycles. The first-order valence-electron chi connectivity index (χ1n) is 3.96. The van der Waals surface area contributed by atoms with E-state index in [1.54, 1.807) is 0 Å². The predicted octanol–water partition coefficient (Wildman–Crippen LogP) is 1.47. The van der Waals surface area contributed by atoms with E-state index in [2.05, 4.69) is 6.07 Å². The lowest BCUT2D eigenvalue weighted by molar-refractivity contribution is 0.201. The van der Waals surface area contributed by atoms with Gasteiger partial charge in [-0.3, -0.25) is 0 Å². The summed E-state index contributed by atoms with van der Waals surface area (Å²) in [5, 5.41) is 8.53. The van der Waals surface area contributed by atoms with Crippen LogP contribution in [0, 0.1) is 19.9 Å². The number of hydrogen-bond acceptors (Lipinski definition) is 2. The zero-order valence-corrected chi connectivity index (χ0v) is 7.42. The molecule has 0 aromatic heterocycles. The third kappa shape index (κ3) is 2.55.